The Labute approximate surface area is 245 Å². The van der Waals surface area contributed by atoms with Crippen LogP contribution in [0.3, 0.4) is 0 Å². The first kappa shape index (κ1) is 35.1. The van der Waals surface area contributed by atoms with E-state index in [0.717, 1.165) is 43.8 Å². The van der Waals surface area contributed by atoms with Gasteiger partial charge in [0.05, 0.1) is 17.8 Å². The average Bonchev–Trinajstić information content (AvgIpc) is 3.18. The third-order valence-electron chi connectivity index (χ3n) is 10.2. The topological polar surface area (TPSA) is 80.9 Å². The van der Waals surface area contributed by atoms with Crippen LogP contribution in [0.2, 0.25) is 0 Å². The van der Waals surface area contributed by atoms with Crippen molar-refractivity contribution < 1.29 is 46.8 Å². The summed E-state index contributed by atoms with van der Waals surface area (Å²) in [5.74, 6) is 0.201. The molecule has 0 aromatic heterocycles. The summed E-state index contributed by atoms with van der Waals surface area (Å²) in [4.78, 5) is 0. The van der Waals surface area contributed by atoms with Crippen LogP contribution >= 0.6 is 0 Å². The maximum absolute atomic E-state index is 13.3. The molecule has 3 rings (SSSR count). The van der Waals surface area contributed by atoms with E-state index in [1.165, 1.54) is 5.57 Å². The SMILES string of the molecule is CC(C)(O)CCC[C@@](C)(C/C=C/C(O)(C(F)(F)F)C(F)(F)F)C1CCC2/C(=C/C=C3/CC(O)C[C@H](O)C3)CCC[C@@]21C. The highest BCUT2D eigenvalue weighted by atomic mass is 19.4. The van der Waals surface area contributed by atoms with Crippen LogP contribution in [0, 0.1) is 22.7 Å². The van der Waals surface area contributed by atoms with E-state index in [1.807, 2.05) is 13.0 Å². The van der Waals surface area contributed by atoms with Gasteiger partial charge in [-0.05, 0) is 113 Å². The number of halogens is 6. The number of alkyl halides is 6. The number of aliphatic hydroxyl groups is 4. The Bertz CT molecular complexity index is 997. The second kappa shape index (κ2) is 12.6. The zero-order valence-electron chi connectivity index (χ0n) is 25.2. The monoisotopic (exact) mass is 610 g/mol. The second-order valence-corrected chi connectivity index (χ2v) is 14.2. The fourth-order valence-electron chi connectivity index (χ4n) is 8.11. The van der Waals surface area contributed by atoms with E-state index in [2.05, 4.69) is 13.0 Å². The van der Waals surface area contributed by atoms with Crippen molar-refractivity contribution in [3.05, 3.63) is 35.5 Å². The molecule has 3 saturated carbocycles. The second-order valence-electron chi connectivity index (χ2n) is 14.2. The van der Waals surface area contributed by atoms with Crippen LogP contribution in [0.5, 0.6) is 0 Å². The van der Waals surface area contributed by atoms with Gasteiger partial charge in [0, 0.05) is 0 Å². The van der Waals surface area contributed by atoms with Crippen molar-refractivity contribution in [1.29, 1.82) is 0 Å². The molecule has 42 heavy (non-hydrogen) atoms. The minimum absolute atomic E-state index is 0.000925. The smallest absolute Gasteiger partial charge is 0.393 e. The van der Waals surface area contributed by atoms with Crippen molar-refractivity contribution in [3.8, 4) is 0 Å². The summed E-state index contributed by atoms with van der Waals surface area (Å²) in [6.45, 7) is 7.44. The van der Waals surface area contributed by atoms with Gasteiger partial charge >= 0.3 is 12.4 Å². The molecule has 4 nitrogen and oxygen atoms in total. The zero-order valence-corrected chi connectivity index (χ0v) is 25.2. The summed E-state index contributed by atoms with van der Waals surface area (Å²) < 4.78 is 80.1. The lowest BCUT2D eigenvalue weighted by molar-refractivity contribution is -0.347. The average molecular weight is 611 g/mol. The quantitative estimate of drug-likeness (QED) is 0.159. The summed E-state index contributed by atoms with van der Waals surface area (Å²) in [7, 11) is 0. The van der Waals surface area contributed by atoms with Gasteiger partial charge in [0.15, 0.2) is 0 Å². The highest BCUT2D eigenvalue weighted by Crippen LogP contribution is 2.64. The number of aliphatic hydroxyl groups excluding tert-OH is 2. The molecule has 3 aliphatic carbocycles. The first-order chi connectivity index (χ1) is 19.1. The summed E-state index contributed by atoms with van der Waals surface area (Å²) in [6.07, 6.45) is -1.06. The van der Waals surface area contributed by atoms with Crippen LogP contribution in [0.1, 0.15) is 105 Å². The molecule has 3 fully saturated rings. The molecule has 0 aromatic carbocycles. The Morgan fingerprint density at radius 1 is 0.881 bits per heavy atom. The van der Waals surface area contributed by atoms with E-state index in [-0.39, 0.29) is 29.7 Å². The maximum Gasteiger partial charge on any atom is 0.429 e. The largest absolute Gasteiger partial charge is 0.429 e. The van der Waals surface area contributed by atoms with Crippen LogP contribution in [-0.2, 0) is 0 Å². The maximum atomic E-state index is 13.3. The van der Waals surface area contributed by atoms with Crippen LogP contribution < -0.4 is 0 Å². The van der Waals surface area contributed by atoms with E-state index in [4.69, 9.17) is 0 Å². The first-order valence-corrected chi connectivity index (χ1v) is 15.1. The molecular formula is C32H48F6O4. The van der Waals surface area contributed by atoms with Crippen molar-refractivity contribution in [3.63, 3.8) is 0 Å². The molecule has 6 atom stereocenters. The van der Waals surface area contributed by atoms with Crippen molar-refractivity contribution in [2.45, 2.75) is 141 Å². The van der Waals surface area contributed by atoms with Crippen molar-refractivity contribution in [2.75, 3.05) is 0 Å². The Hall–Kier alpha value is -1.36. The van der Waals surface area contributed by atoms with Crippen LogP contribution in [0.4, 0.5) is 26.3 Å². The first-order valence-electron chi connectivity index (χ1n) is 15.1. The van der Waals surface area contributed by atoms with Gasteiger partial charge in [-0.2, -0.15) is 26.3 Å². The van der Waals surface area contributed by atoms with E-state index in [0.29, 0.717) is 38.5 Å². The Balaban J connectivity index is 1.91. The normalized spacial score (nSPS) is 33.4. The zero-order chi connectivity index (χ0) is 31.8. The highest BCUT2D eigenvalue weighted by Gasteiger charge is 2.69. The van der Waals surface area contributed by atoms with Crippen LogP contribution in [-0.4, -0.2) is 56.2 Å². The third-order valence-corrected chi connectivity index (χ3v) is 10.2. The van der Waals surface area contributed by atoms with Gasteiger partial charge in [-0.3, -0.25) is 0 Å². The number of hydrogen-bond donors (Lipinski definition) is 4. The molecule has 3 aliphatic rings. The molecule has 0 radical (unpaired) electrons. The van der Waals surface area contributed by atoms with E-state index >= 15 is 0 Å². The number of hydrogen-bond acceptors (Lipinski definition) is 4. The fraction of sp³-hybridized carbons (Fsp3) is 0.812. The summed E-state index contributed by atoms with van der Waals surface area (Å²) in [5, 5.41) is 40.1. The lowest BCUT2D eigenvalue weighted by Gasteiger charge is -2.49. The molecule has 0 bridgehead atoms. The Morgan fingerprint density at radius 2 is 1.48 bits per heavy atom. The number of rotatable bonds is 9. The standard InChI is InChI=1S/C32H48F6O4/c1-27(2,41)13-6-14-28(3,15-7-17-30(42,31(33,34)35)32(36,37)38)26-12-11-25-22(8-5-16-29(25,26)4)10-9-21-18-23(39)20-24(40)19-21/h7,9-10,17,23-26,39-42H,5-6,8,11-16,18-20H2,1-4H3/b17-7+,21-9-,22-10+/t23?,24-,25?,26?,28+,29+/m1/s1. The lowest BCUT2D eigenvalue weighted by Crippen LogP contribution is -2.55. The molecule has 0 amide bonds. The summed E-state index contributed by atoms with van der Waals surface area (Å²) in [5.41, 5.74) is -4.53. The van der Waals surface area contributed by atoms with Gasteiger partial charge in [0.25, 0.3) is 5.60 Å². The molecule has 0 saturated heterocycles. The molecule has 0 aliphatic heterocycles. The third kappa shape index (κ3) is 7.83. The molecule has 3 unspecified atom stereocenters. The minimum atomic E-state index is -5.91. The van der Waals surface area contributed by atoms with E-state index in [1.54, 1.807) is 13.8 Å². The van der Waals surface area contributed by atoms with E-state index < -0.39 is 41.2 Å². The van der Waals surface area contributed by atoms with Crippen LogP contribution in [0.15, 0.2) is 35.5 Å². The van der Waals surface area contributed by atoms with Gasteiger partial charge < -0.3 is 20.4 Å². The minimum Gasteiger partial charge on any atom is -0.393 e. The molecule has 0 spiro atoms. The predicted octanol–water partition coefficient (Wildman–Crippen LogP) is 7.71. The Morgan fingerprint density at radius 3 is 2.02 bits per heavy atom. The number of fused-ring (bicyclic) bond motifs is 1. The number of allylic oxidation sites excluding steroid dienone is 4. The van der Waals surface area contributed by atoms with Crippen molar-refractivity contribution in [1.82, 2.24) is 0 Å². The van der Waals surface area contributed by atoms with Crippen molar-refractivity contribution >= 4 is 0 Å². The lowest BCUT2D eigenvalue weighted by atomic mass is 9.55. The summed E-state index contributed by atoms with van der Waals surface area (Å²) in [6, 6.07) is 0. The molecule has 242 valence electrons. The Kier molecular flexibility index (Phi) is 10.5. The van der Waals surface area contributed by atoms with Crippen molar-refractivity contribution in [2.24, 2.45) is 22.7 Å². The van der Waals surface area contributed by atoms with E-state index in [9.17, 15) is 46.8 Å². The van der Waals surface area contributed by atoms with Gasteiger partial charge in [0.2, 0.25) is 0 Å². The molecule has 0 aromatic rings. The van der Waals surface area contributed by atoms with Gasteiger partial charge in [-0.15, -0.1) is 0 Å². The predicted molar refractivity (Wildman–Crippen MR) is 149 cm³/mol. The van der Waals surface area contributed by atoms with Gasteiger partial charge in [-0.1, -0.05) is 49.6 Å². The molecule has 0 heterocycles. The van der Waals surface area contributed by atoms with Gasteiger partial charge in [-0.25, -0.2) is 0 Å². The van der Waals surface area contributed by atoms with Gasteiger partial charge in [0.1, 0.15) is 0 Å². The summed E-state index contributed by atoms with van der Waals surface area (Å²) >= 11 is 0. The molecular weight excluding hydrogens is 562 g/mol. The fourth-order valence-corrected chi connectivity index (χ4v) is 8.11. The molecule has 4 N–H and O–H groups in total. The molecule has 10 heteroatoms. The highest BCUT2D eigenvalue weighted by molar-refractivity contribution is 5.27. The van der Waals surface area contributed by atoms with Crippen LogP contribution in [0.25, 0.3) is 0 Å².